The van der Waals surface area contributed by atoms with Crippen molar-refractivity contribution in [3.8, 4) is 0 Å². The van der Waals surface area contributed by atoms with Crippen LogP contribution >= 0.6 is 0 Å². The molecule has 0 amide bonds. The summed E-state index contributed by atoms with van der Waals surface area (Å²) in [5, 5.41) is 0. The van der Waals surface area contributed by atoms with Gasteiger partial charge >= 0.3 is 23.9 Å². The first kappa shape index (κ1) is 21.7. The molecule has 0 heterocycles. The maximum atomic E-state index is 14.1. The van der Waals surface area contributed by atoms with Gasteiger partial charge in [0.05, 0.1) is 0 Å². The van der Waals surface area contributed by atoms with Gasteiger partial charge in [-0.15, -0.1) is 0 Å². The van der Waals surface area contributed by atoms with E-state index in [1.54, 1.807) is 0 Å². The van der Waals surface area contributed by atoms with Gasteiger partial charge in [-0.1, -0.05) is 6.58 Å². The molecule has 0 bridgehead atoms. The first-order chi connectivity index (χ1) is 11.5. The van der Waals surface area contributed by atoms with E-state index in [-0.39, 0.29) is 0 Å². The van der Waals surface area contributed by atoms with Gasteiger partial charge in [0.1, 0.15) is 5.56 Å². The van der Waals surface area contributed by atoms with Crippen LogP contribution in [0.5, 0.6) is 0 Å². The number of esters is 1. The molecule has 1 aromatic carbocycles. The molecule has 0 aliphatic carbocycles. The normalized spacial score (nSPS) is 14.8. The zero-order valence-corrected chi connectivity index (χ0v) is 12.2. The first-order valence-corrected chi connectivity index (χ1v) is 6.04. The Morgan fingerprint density at radius 2 is 1.15 bits per heavy atom. The van der Waals surface area contributed by atoms with E-state index in [1.165, 1.54) is 0 Å². The number of halogens is 11. The van der Waals surface area contributed by atoms with Crippen molar-refractivity contribution >= 4 is 5.97 Å². The molecule has 26 heavy (non-hydrogen) atoms. The second-order valence-electron chi connectivity index (χ2n) is 4.78. The lowest BCUT2D eigenvalue weighted by atomic mass is 9.98. The number of carbonyl (C=O) groups is 1. The summed E-state index contributed by atoms with van der Waals surface area (Å²) in [5.74, 6) is -31.4. The number of hydrogen-bond acceptors (Lipinski definition) is 2. The second kappa shape index (κ2) is 6.43. The summed E-state index contributed by atoms with van der Waals surface area (Å²) in [6.45, 7) is 3.29. The molecule has 13 heteroatoms. The standard InChI is InChI=1S/C13H5F11O2/c1-3(2)10(25)26-12(21,13(22,23)24)11(19,20)4-5(14)7(16)9(18)8(17)6(4)15/h1H2,2H3. The fourth-order valence-electron chi connectivity index (χ4n) is 1.56. The van der Waals surface area contributed by atoms with Gasteiger partial charge in [0.15, 0.2) is 23.3 Å². The minimum absolute atomic E-state index is 0.607. The van der Waals surface area contributed by atoms with Gasteiger partial charge in [0.25, 0.3) is 0 Å². The average molecular weight is 402 g/mol. The smallest absolute Gasteiger partial charge is 0.411 e. The van der Waals surface area contributed by atoms with Crippen LogP contribution in [0.1, 0.15) is 12.5 Å². The quantitative estimate of drug-likeness (QED) is 0.237. The minimum atomic E-state index is -6.85. The van der Waals surface area contributed by atoms with Crippen LogP contribution in [0.4, 0.5) is 48.3 Å². The van der Waals surface area contributed by atoms with Gasteiger partial charge in [-0.05, 0) is 6.92 Å². The number of rotatable bonds is 4. The molecule has 0 saturated heterocycles. The molecule has 1 rings (SSSR count). The SMILES string of the molecule is C=C(C)C(=O)OC(F)(C(F)(F)F)C(F)(F)c1c(F)c(F)c(F)c(F)c1F. The van der Waals surface area contributed by atoms with Gasteiger partial charge in [-0.3, -0.25) is 0 Å². The lowest BCUT2D eigenvalue weighted by molar-refractivity contribution is -0.391. The summed E-state index contributed by atoms with van der Waals surface area (Å²) >= 11 is 0. The number of benzene rings is 1. The second-order valence-corrected chi connectivity index (χ2v) is 4.78. The summed E-state index contributed by atoms with van der Waals surface area (Å²) < 4.78 is 149. The Morgan fingerprint density at radius 1 is 0.808 bits per heavy atom. The Kier molecular flexibility index (Phi) is 5.37. The molecule has 0 fully saturated rings. The molecule has 1 unspecified atom stereocenters. The van der Waals surface area contributed by atoms with Crippen molar-refractivity contribution in [3.05, 3.63) is 46.8 Å². The van der Waals surface area contributed by atoms with Crippen LogP contribution in [-0.2, 0) is 15.5 Å². The van der Waals surface area contributed by atoms with E-state index in [0.717, 1.165) is 0 Å². The third-order valence-corrected chi connectivity index (χ3v) is 2.87. The summed E-state index contributed by atoms with van der Waals surface area (Å²) in [7, 11) is 0. The molecule has 0 aromatic heterocycles. The fourth-order valence-corrected chi connectivity index (χ4v) is 1.56. The Hall–Kier alpha value is -2.34. The third-order valence-electron chi connectivity index (χ3n) is 2.87. The molecule has 1 atom stereocenters. The third kappa shape index (κ3) is 3.09. The fraction of sp³-hybridized carbons (Fsp3) is 0.308. The van der Waals surface area contributed by atoms with Gasteiger partial charge in [-0.2, -0.15) is 26.3 Å². The van der Waals surface area contributed by atoms with E-state index in [1.807, 2.05) is 0 Å². The van der Waals surface area contributed by atoms with Gasteiger partial charge in [0, 0.05) is 5.57 Å². The maximum absolute atomic E-state index is 14.1. The van der Waals surface area contributed by atoms with Crippen LogP contribution in [0.25, 0.3) is 0 Å². The number of carbonyl (C=O) groups excluding carboxylic acids is 1. The predicted octanol–water partition coefficient (Wildman–Crippen LogP) is 4.82. The lowest BCUT2D eigenvalue weighted by Gasteiger charge is -2.34. The first-order valence-electron chi connectivity index (χ1n) is 6.04. The average Bonchev–Trinajstić information content (AvgIpc) is 2.49. The van der Waals surface area contributed by atoms with E-state index in [0.29, 0.717) is 6.92 Å². The number of ether oxygens (including phenoxy) is 1. The zero-order chi connectivity index (χ0) is 20.8. The Morgan fingerprint density at radius 3 is 1.46 bits per heavy atom. The maximum Gasteiger partial charge on any atom is 0.467 e. The molecule has 146 valence electrons. The largest absolute Gasteiger partial charge is 0.467 e. The summed E-state index contributed by atoms with van der Waals surface area (Å²) in [6, 6.07) is 0. The van der Waals surface area contributed by atoms with E-state index in [9.17, 15) is 53.1 Å². The van der Waals surface area contributed by atoms with Gasteiger partial charge < -0.3 is 4.74 Å². The van der Waals surface area contributed by atoms with Crippen LogP contribution in [0.2, 0.25) is 0 Å². The summed E-state index contributed by atoms with van der Waals surface area (Å²) in [4.78, 5) is 11.1. The van der Waals surface area contributed by atoms with Crippen LogP contribution in [0.3, 0.4) is 0 Å². The number of hydrogen-bond donors (Lipinski definition) is 0. The molecule has 0 radical (unpaired) electrons. The molecular formula is C13H5F11O2. The molecular weight excluding hydrogens is 397 g/mol. The van der Waals surface area contributed by atoms with Crippen molar-refractivity contribution in [1.29, 1.82) is 0 Å². The molecule has 0 saturated carbocycles. The van der Waals surface area contributed by atoms with Gasteiger partial charge in [0.2, 0.25) is 5.82 Å². The summed E-state index contributed by atoms with van der Waals surface area (Å²) in [5.41, 5.74) is -4.51. The van der Waals surface area contributed by atoms with E-state index >= 15 is 0 Å². The minimum Gasteiger partial charge on any atom is -0.411 e. The van der Waals surface area contributed by atoms with Gasteiger partial charge in [-0.25, -0.2) is 26.7 Å². The van der Waals surface area contributed by atoms with Crippen LogP contribution in [0.15, 0.2) is 12.2 Å². The highest BCUT2D eigenvalue weighted by atomic mass is 19.4. The van der Waals surface area contributed by atoms with Crippen molar-refractivity contribution in [3.63, 3.8) is 0 Å². The zero-order valence-electron chi connectivity index (χ0n) is 12.2. The van der Waals surface area contributed by atoms with Crippen molar-refractivity contribution in [2.75, 3.05) is 0 Å². The Bertz CT molecular complexity index is 739. The highest BCUT2D eigenvalue weighted by molar-refractivity contribution is 5.87. The van der Waals surface area contributed by atoms with Crippen LogP contribution in [-0.4, -0.2) is 18.0 Å². The molecule has 1 aromatic rings. The Labute approximate surface area is 136 Å². The molecule has 2 nitrogen and oxygen atoms in total. The van der Waals surface area contributed by atoms with E-state index in [4.69, 9.17) is 0 Å². The highest BCUT2D eigenvalue weighted by Gasteiger charge is 2.77. The van der Waals surface area contributed by atoms with Crippen LogP contribution in [0, 0.1) is 29.1 Å². The van der Waals surface area contributed by atoms with Crippen LogP contribution < -0.4 is 0 Å². The molecule has 0 spiro atoms. The van der Waals surface area contributed by atoms with Crippen molar-refractivity contribution in [1.82, 2.24) is 0 Å². The lowest BCUT2D eigenvalue weighted by Crippen LogP contribution is -2.57. The van der Waals surface area contributed by atoms with E-state index < -0.39 is 64.1 Å². The highest BCUT2D eigenvalue weighted by Crippen LogP contribution is 2.53. The molecule has 0 aliphatic heterocycles. The van der Waals surface area contributed by atoms with Crippen molar-refractivity contribution in [2.24, 2.45) is 0 Å². The predicted molar refractivity (Wildman–Crippen MR) is 60.9 cm³/mol. The van der Waals surface area contributed by atoms with E-state index in [2.05, 4.69) is 11.3 Å². The Balaban J connectivity index is 3.83. The molecule has 0 aliphatic rings. The van der Waals surface area contributed by atoms with Crippen molar-refractivity contribution in [2.45, 2.75) is 24.9 Å². The topological polar surface area (TPSA) is 26.3 Å². The monoisotopic (exact) mass is 402 g/mol. The summed E-state index contributed by atoms with van der Waals surface area (Å²) in [6.07, 6.45) is -6.85. The molecule has 0 N–H and O–H groups in total. The number of alkyl halides is 6. The van der Waals surface area contributed by atoms with Crippen molar-refractivity contribution < 1.29 is 57.8 Å².